The monoisotopic (exact) mass is 332 g/mol. The summed E-state index contributed by atoms with van der Waals surface area (Å²) in [6, 6.07) is 8.92. The largest absolute Gasteiger partial charge is 0.463 e. The lowest BCUT2D eigenvalue weighted by molar-refractivity contribution is -0.163. The van der Waals surface area contributed by atoms with Gasteiger partial charge in [-0.25, -0.2) is 0 Å². The first-order valence-corrected chi connectivity index (χ1v) is 7.68. The number of Topliss-reactive ketones (excluding diaryl/α,β-unsaturated/α-hetero) is 1. The fraction of sp³-hybridized carbons (Fsp3) is 0.389. The second-order valence-corrected chi connectivity index (χ2v) is 5.47. The van der Waals surface area contributed by atoms with Gasteiger partial charge in [0.25, 0.3) is 0 Å². The van der Waals surface area contributed by atoms with Crippen molar-refractivity contribution >= 4 is 17.7 Å². The third kappa shape index (κ3) is 5.31. The van der Waals surface area contributed by atoms with Crippen LogP contribution >= 0.6 is 0 Å². The summed E-state index contributed by atoms with van der Waals surface area (Å²) in [7, 11) is 0. The minimum Gasteiger partial charge on any atom is -0.463 e. The first-order chi connectivity index (χ1) is 11.5. The number of hydrogen-bond donors (Lipinski definition) is 0. The Balaban J connectivity index is 2.02. The van der Waals surface area contributed by atoms with Gasteiger partial charge in [-0.3, -0.25) is 14.4 Å². The second-order valence-electron chi connectivity index (χ2n) is 5.47. The molecule has 0 unspecified atom stereocenters. The fourth-order valence-electron chi connectivity index (χ4n) is 2.39. The molecule has 0 saturated carbocycles. The van der Waals surface area contributed by atoms with Gasteiger partial charge in [-0.2, -0.15) is 0 Å². The lowest BCUT2D eigenvalue weighted by Crippen LogP contribution is -2.41. The minimum atomic E-state index is -0.648. The first kappa shape index (κ1) is 17.9. The zero-order valence-corrected chi connectivity index (χ0v) is 13.6. The molecule has 0 spiro atoms. The Hall–Kier alpha value is -2.47. The third-order valence-corrected chi connectivity index (χ3v) is 3.47. The van der Waals surface area contributed by atoms with E-state index in [1.54, 1.807) is 36.4 Å². The van der Waals surface area contributed by atoms with Gasteiger partial charge in [0, 0.05) is 25.8 Å². The number of ketones is 1. The summed E-state index contributed by atoms with van der Waals surface area (Å²) >= 11 is 0. The van der Waals surface area contributed by atoms with Crippen LogP contribution in [0.3, 0.4) is 0 Å². The van der Waals surface area contributed by atoms with E-state index in [-0.39, 0.29) is 18.8 Å². The van der Waals surface area contributed by atoms with Crippen LogP contribution in [-0.4, -0.2) is 42.6 Å². The van der Waals surface area contributed by atoms with E-state index >= 15 is 0 Å². The molecule has 6 heteroatoms. The van der Waals surface area contributed by atoms with E-state index in [1.165, 1.54) is 13.8 Å². The van der Waals surface area contributed by atoms with Crippen LogP contribution in [0.15, 0.2) is 42.5 Å². The summed E-state index contributed by atoms with van der Waals surface area (Å²) in [6.07, 6.45) is 1.76. The van der Waals surface area contributed by atoms with Crippen LogP contribution in [0.25, 0.3) is 0 Å². The topological polar surface area (TPSA) is 78.9 Å². The van der Waals surface area contributed by atoms with E-state index in [9.17, 15) is 14.4 Å². The number of esters is 2. The van der Waals surface area contributed by atoms with E-state index < -0.39 is 30.3 Å². The number of ether oxygens (including phenoxy) is 3. The van der Waals surface area contributed by atoms with Crippen LogP contribution in [0.1, 0.15) is 30.6 Å². The summed E-state index contributed by atoms with van der Waals surface area (Å²) in [5, 5.41) is 0. The summed E-state index contributed by atoms with van der Waals surface area (Å²) in [6.45, 7) is 2.53. The van der Waals surface area contributed by atoms with E-state index in [4.69, 9.17) is 14.2 Å². The molecule has 0 fully saturated rings. The average molecular weight is 332 g/mol. The molecule has 1 aliphatic rings. The van der Waals surface area contributed by atoms with E-state index in [0.29, 0.717) is 5.56 Å². The summed E-state index contributed by atoms with van der Waals surface area (Å²) in [5.41, 5.74) is 0.605. The Morgan fingerprint density at radius 1 is 1.04 bits per heavy atom. The van der Waals surface area contributed by atoms with Crippen molar-refractivity contribution in [2.45, 2.75) is 38.6 Å². The first-order valence-electron chi connectivity index (χ1n) is 7.68. The van der Waals surface area contributed by atoms with Gasteiger partial charge < -0.3 is 14.2 Å². The molecule has 0 aromatic heterocycles. The molecule has 1 heterocycles. The lowest BCUT2D eigenvalue weighted by Gasteiger charge is -2.31. The van der Waals surface area contributed by atoms with Crippen molar-refractivity contribution in [3.63, 3.8) is 0 Å². The standard InChI is InChI=1S/C18H20O6/c1-12(19)22-11-18-17(23-13(2)20)9-8-15(24-18)10-16(21)14-6-4-3-5-7-14/h3-9,15,17-18H,10-11H2,1-2H3/t15-,17+,18+/m1/s1. The molecule has 0 radical (unpaired) electrons. The molecule has 1 aliphatic heterocycles. The maximum Gasteiger partial charge on any atom is 0.303 e. The second kappa shape index (κ2) is 8.40. The van der Waals surface area contributed by atoms with Crippen LogP contribution in [0.2, 0.25) is 0 Å². The van der Waals surface area contributed by atoms with Gasteiger partial charge in [0.2, 0.25) is 0 Å². The normalized spacial score (nSPS) is 22.7. The number of hydrogen-bond acceptors (Lipinski definition) is 6. The van der Waals surface area contributed by atoms with E-state index in [1.807, 2.05) is 6.07 Å². The molecule has 3 atom stereocenters. The molecule has 0 N–H and O–H groups in total. The van der Waals surface area contributed by atoms with Crippen molar-refractivity contribution in [1.82, 2.24) is 0 Å². The molecule has 0 amide bonds. The van der Waals surface area contributed by atoms with Crippen molar-refractivity contribution in [3.8, 4) is 0 Å². The summed E-state index contributed by atoms with van der Waals surface area (Å²) in [5.74, 6) is -0.964. The molecular weight excluding hydrogens is 312 g/mol. The third-order valence-electron chi connectivity index (χ3n) is 3.47. The highest BCUT2D eigenvalue weighted by molar-refractivity contribution is 5.96. The van der Waals surface area contributed by atoms with E-state index in [2.05, 4.69) is 0 Å². The Morgan fingerprint density at radius 2 is 1.75 bits per heavy atom. The lowest BCUT2D eigenvalue weighted by atomic mass is 10.0. The average Bonchev–Trinajstić information content (AvgIpc) is 2.55. The zero-order valence-electron chi connectivity index (χ0n) is 13.6. The van der Waals surface area contributed by atoms with Gasteiger partial charge >= 0.3 is 11.9 Å². The number of carbonyl (C=O) groups excluding carboxylic acids is 3. The maximum absolute atomic E-state index is 12.3. The Labute approximate surface area is 140 Å². The molecule has 128 valence electrons. The molecule has 0 bridgehead atoms. The molecule has 1 aromatic carbocycles. The highest BCUT2D eigenvalue weighted by Gasteiger charge is 2.31. The number of carbonyl (C=O) groups is 3. The maximum atomic E-state index is 12.3. The quantitative estimate of drug-likeness (QED) is 0.451. The predicted molar refractivity (Wildman–Crippen MR) is 85.4 cm³/mol. The van der Waals surface area contributed by atoms with Crippen LogP contribution < -0.4 is 0 Å². The van der Waals surface area contributed by atoms with Crippen molar-refractivity contribution < 1.29 is 28.6 Å². The molecule has 6 nitrogen and oxygen atoms in total. The van der Waals surface area contributed by atoms with Gasteiger partial charge in [0.1, 0.15) is 18.8 Å². The van der Waals surface area contributed by atoms with Gasteiger partial charge in [-0.05, 0) is 6.08 Å². The minimum absolute atomic E-state index is 0.0480. The van der Waals surface area contributed by atoms with Crippen molar-refractivity contribution in [3.05, 3.63) is 48.0 Å². The Morgan fingerprint density at radius 3 is 2.38 bits per heavy atom. The highest BCUT2D eigenvalue weighted by Crippen LogP contribution is 2.20. The highest BCUT2D eigenvalue weighted by atomic mass is 16.6. The number of rotatable bonds is 6. The van der Waals surface area contributed by atoms with Gasteiger partial charge in [0.15, 0.2) is 5.78 Å². The van der Waals surface area contributed by atoms with Crippen LogP contribution in [0.5, 0.6) is 0 Å². The van der Waals surface area contributed by atoms with Crippen molar-refractivity contribution in [1.29, 1.82) is 0 Å². The Kier molecular flexibility index (Phi) is 6.26. The smallest absolute Gasteiger partial charge is 0.303 e. The summed E-state index contributed by atoms with van der Waals surface area (Å²) in [4.78, 5) is 34.4. The molecule has 2 rings (SSSR count). The van der Waals surface area contributed by atoms with Crippen LogP contribution in [-0.2, 0) is 23.8 Å². The number of benzene rings is 1. The van der Waals surface area contributed by atoms with Crippen molar-refractivity contribution in [2.24, 2.45) is 0 Å². The van der Waals surface area contributed by atoms with Crippen molar-refractivity contribution in [2.75, 3.05) is 6.61 Å². The Bertz CT molecular complexity index is 622. The SMILES string of the molecule is CC(=O)OC[C@@H]1O[C@@H](CC(=O)c2ccccc2)C=C[C@@H]1OC(C)=O. The van der Waals surface area contributed by atoms with E-state index in [0.717, 1.165) is 0 Å². The van der Waals surface area contributed by atoms with Crippen LogP contribution in [0.4, 0.5) is 0 Å². The summed E-state index contributed by atoms with van der Waals surface area (Å²) < 4.78 is 15.9. The molecule has 0 saturated heterocycles. The zero-order chi connectivity index (χ0) is 17.5. The van der Waals surface area contributed by atoms with Crippen LogP contribution in [0, 0.1) is 0 Å². The molecule has 24 heavy (non-hydrogen) atoms. The molecule has 1 aromatic rings. The van der Waals surface area contributed by atoms with Gasteiger partial charge in [-0.1, -0.05) is 36.4 Å². The van der Waals surface area contributed by atoms with Gasteiger partial charge in [-0.15, -0.1) is 0 Å². The molecular formula is C18H20O6. The van der Waals surface area contributed by atoms with Gasteiger partial charge in [0.05, 0.1) is 6.10 Å². The fourth-order valence-corrected chi connectivity index (χ4v) is 2.39. The molecule has 0 aliphatic carbocycles. The predicted octanol–water partition coefficient (Wildman–Crippen LogP) is 2.08.